The average Bonchev–Trinajstić information content (AvgIpc) is 2.82. The summed E-state index contributed by atoms with van der Waals surface area (Å²) in [6.07, 6.45) is 2.42. The summed E-state index contributed by atoms with van der Waals surface area (Å²) < 4.78 is 5.00. The van der Waals surface area contributed by atoms with Gasteiger partial charge < -0.3 is 14.7 Å². The minimum atomic E-state index is -0.826. The lowest BCUT2D eigenvalue weighted by molar-refractivity contribution is -0.139. The highest BCUT2D eigenvalue weighted by Crippen LogP contribution is 2.19. The molecular weight excluding hydrogens is 234 g/mol. The van der Waals surface area contributed by atoms with Crippen molar-refractivity contribution in [1.82, 2.24) is 15.4 Å². The van der Waals surface area contributed by atoms with Gasteiger partial charge in [-0.2, -0.15) is 0 Å². The van der Waals surface area contributed by atoms with E-state index in [1.165, 1.54) is 0 Å². The smallest absolute Gasteiger partial charge is 0.248 e. The number of hydrogen-bond donors (Lipinski definition) is 1. The second-order valence-corrected chi connectivity index (χ2v) is 4.69. The molecule has 0 radical (unpaired) electrons. The second kappa shape index (κ2) is 4.80. The quantitative estimate of drug-likeness (QED) is 0.857. The van der Waals surface area contributed by atoms with E-state index in [1.807, 2.05) is 6.92 Å². The maximum absolute atomic E-state index is 12.4. The summed E-state index contributed by atoms with van der Waals surface area (Å²) in [6.45, 7) is 4.40. The number of amides is 2. The first-order valence-electron chi connectivity index (χ1n) is 6.05. The van der Waals surface area contributed by atoms with E-state index < -0.39 is 5.54 Å². The second-order valence-electron chi connectivity index (χ2n) is 4.69. The number of nitrogens with one attached hydrogen (secondary N) is 1. The molecule has 0 bridgehead atoms. The van der Waals surface area contributed by atoms with Crippen molar-refractivity contribution in [2.45, 2.75) is 38.8 Å². The molecule has 2 heterocycles. The molecule has 1 aromatic heterocycles. The molecule has 0 aromatic carbocycles. The fourth-order valence-corrected chi connectivity index (χ4v) is 2.01. The van der Waals surface area contributed by atoms with E-state index in [1.54, 1.807) is 24.1 Å². The lowest BCUT2D eigenvalue weighted by Crippen LogP contribution is -2.54. The normalized spacial score (nSPS) is 24.9. The van der Waals surface area contributed by atoms with Crippen LogP contribution in [0.15, 0.2) is 16.8 Å². The Morgan fingerprint density at radius 1 is 1.56 bits per heavy atom. The Bertz CT molecular complexity index is 443. The highest BCUT2D eigenvalue weighted by atomic mass is 16.5. The summed E-state index contributed by atoms with van der Waals surface area (Å²) >= 11 is 0. The van der Waals surface area contributed by atoms with Crippen LogP contribution in [0.4, 0.5) is 0 Å². The molecule has 2 amide bonds. The summed E-state index contributed by atoms with van der Waals surface area (Å²) in [7, 11) is 0. The van der Waals surface area contributed by atoms with Gasteiger partial charge in [-0.25, -0.2) is 0 Å². The minimum absolute atomic E-state index is 0.0766. The Morgan fingerprint density at radius 2 is 2.33 bits per heavy atom. The van der Waals surface area contributed by atoms with Crippen LogP contribution < -0.4 is 5.32 Å². The molecule has 0 spiro atoms. The van der Waals surface area contributed by atoms with E-state index >= 15 is 0 Å². The first kappa shape index (κ1) is 12.6. The Hall–Kier alpha value is -1.85. The molecule has 1 atom stereocenters. The fourth-order valence-electron chi connectivity index (χ4n) is 2.01. The maximum atomic E-state index is 12.4. The van der Waals surface area contributed by atoms with Crippen molar-refractivity contribution < 1.29 is 14.1 Å². The van der Waals surface area contributed by atoms with Gasteiger partial charge in [0.05, 0.1) is 12.7 Å². The molecule has 1 aliphatic heterocycles. The van der Waals surface area contributed by atoms with Gasteiger partial charge in [0.15, 0.2) is 5.76 Å². The van der Waals surface area contributed by atoms with Crippen LogP contribution in [0.2, 0.25) is 0 Å². The molecule has 18 heavy (non-hydrogen) atoms. The first-order chi connectivity index (χ1) is 8.55. The standard InChI is InChI=1S/C12H17N3O3/c1-3-12(2)11(17)15(7-5-10(16)14-12)8-9-4-6-13-18-9/h4,6H,3,5,7-8H2,1-2H3,(H,14,16). The summed E-state index contributed by atoms with van der Waals surface area (Å²) in [5.74, 6) is 0.455. The van der Waals surface area contributed by atoms with E-state index in [4.69, 9.17) is 4.52 Å². The van der Waals surface area contributed by atoms with Crippen molar-refractivity contribution in [3.05, 3.63) is 18.0 Å². The third kappa shape index (κ3) is 2.37. The lowest BCUT2D eigenvalue weighted by Gasteiger charge is -2.30. The molecule has 1 aromatic rings. The van der Waals surface area contributed by atoms with Gasteiger partial charge >= 0.3 is 0 Å². The number of hydrogen-bond acceptors (Lipinski definition) is 4. The Balaban J connectivity index is 2.19. The van der Waals surface area contributed by atoms with Crippen LogP contribution in [-0.4, -0.2) is 34.0 Å². The zero-order chi connectivity index (χ0) is 13.2. The fraction of sp³-hybridized carbons (Fsp3) is 0.583. The van der Waals surface area contributed by atoms with Crippen LogP contribution in [0.5, 0.6) is 0 Å². The topological polar surface area (TPSA) is 75.4 Å². The van der Waals surface area contributed by atoms with Gasteiger partial charge in [0.2, 0.25) is 11.8 Å². The Labute approximate surface area is 105 Å². The van der Waals surface area contributed by atoms with E-state index in [9.17, 15) is 9.59 Å². The van der Waals surface area contributed by atoms with Gasteiger partial charge in [-0.15, -0.1) is 0 Å². The molecule has 6 heteroatoms. The van der Waals surface area contributed by atoms with Crippen molar-refractivity contribution in [3.8, 4) is 0 Å². The predicted molar refractivity (Wildman–Crippen MR) is 63.4 cm³/mol. The van der Waals surface area contributed by atoms with Crippen molar-refractivity contribution in [1.29, 1.82) is 0 Å². The molecule has 98 valence electrons. The highest BCUT2D eigenvalue weighted by Gasteiger charge is 2.39. The van der Waals surface area contributed by atoms with Crippen LogP contribution >= 0.6 is 0 Å². The number of carbonyl (C=O) groups is 2. The number of carbonyl (C=O) groups excluding carboxylic acids is 2. The van der Waals surface area contributed by atoms with Crippen LogP contribution in [0.25, 0.3) is 0 Å². The third-order valence-electron chi connectivity index (χ3n) is 3.33. The zero-order valence-electron chi connectivity index (χ0n) is 10.6. The van der Waals surface area contributed by atoms with E-state index in [0.717, 1.165) is 0 Å². The highest BCUT2D eigenvalue weighted by molar-refractivity contribution is 5.93. The van der Waals surface area contributed by atoms with Crippen LogP contribution in [0.1, 0.15) is 32.4 Å². The van der Waals surface area contributed by atoms with Crippen molar-refractivity contribution in [2.75, 3.05) is 6.54 Å². The largest absolute Gasteiger partial charge is 0.360 e. The third-order valence-corrected chi connectivity index (χ3v) is 3.33. The molecule has 6 nitrogen and oxygen atoms in total. The SMILES string of the molecule is CCC1(C)NC(=O)CCN(Cc2ccno2)C1=O. The summed E-state index contributed by atoms with van der Waals surface area (Å²) in [4.78, 5) is 25.7. The predicted octanol–water partition coefficient (Wildman–Crippen LogP) is 0.692. The Kier molecular flexibility index (Phi) is 3.36. The number of aromatic nitrogens is 1. The van der Waals surface area contributed by atoms with Gasteiger partial charge in [0.25, 0.3) is 0 Å². The summed E-state index contributed by atoms with van der Waals surface area (Å²) in [6, 6.07) is 1.72. The van der Waals surface area contributed by atoms with Gasteiger partial charge in [-0.3, -0.25) is 9.59 Å². The molecule has 1 N–H and O–H groups in total. The molecule has 0 saturated carbocycles. The Morgan fingerprint density at radius 3 is 2.94 bits per heavy atom. The number of nitrogens with zero attached hydrogens (tertiary/aromatic N) is 2. The van der Waals surface area contributed by atoms with Crippen molar-refractivity contribution >= 4 is 11.8 Å². The molecule has 0 aliphatic carbocycles. The molecule has 1 aliphatic rings. The monoisotopic (exact) mass is 251 g/mol. The average molecular weight is 251 g/mol. The van der Waals surface area contributed by atoms with Gasteiger partial charge in [0.1, 0.15) is 5.54 Å². The van der Waals surface area contributed by atoms with Crippen LogP contribution in [0, 0.1) is 0 Å². The molecule has 1 saturated heterocycles. The van der Waals surface area contributed by atoms with Crippen LogP contribution in [0.3, 0.4) is 0 Å². The van der Waals surface area contributed by atoms with Gasteiger partial charge in [-0.1, -0.05) is 12.1 Å². The summed E-state index contributed by atoms with van der Waals surface area (Å²) in [5, 5.41) is 6.40. The van der Waals surface area contributed by atoms with Crippen molar-refractivity contribution in [3.63, 3.8) is 0 Å². The van der Waals surface area contributed by atoms with E-state index in [-0.39, 0.29) is 11.8 Å². The van der Waals surface area contributed by atoms with E-state index in [2.05, 4.69) is 10.5 Å². The first-order valence-corrected chi connectivity index (χ1v) is 6.05. The number of rotatable bonds is 3. The van der Waals surface area contributed by atoms with Crippen molar-refractivity contribution in [2.24, 2.45) is 0 Å². The van der Waals surface area contributed by atoms with E-state index in [0.29, 0.717) is 31.7 Å². The van der Waals surface area contributed by atoms with Gasteiger partial charge in [-0.05, 0) is 13.3 Å². The maximum Gasteiger partial charge on any atom is 0.248 e. The molecule has 1 fully saturated rings. The molecule has 1 unspecified atom stereocenters. The van der Waals surface area contributed by atoms with Gasteiger partial charge in [0, 0.05) is 19.0 Å². The van der Waals surface area contributed by atoms with Crippen LogP contribution in [-0.2, 0) is 16.1 Å². The zero-order valence-corrected chi connectivity index (χ0v) is 10.6. The summed E-state index contributed by atoms with van der Waals surface area (Å²) in [5.41, 5.74) is -0.826. The minimum Gasteiger partial charge on any atom is -0.360 e. The molecule has 2 rings (SSSR count). The lowest BCUT2D eigenvalue weighted by atomic mass is 9.97. The molecular formula is C12H17N3O3.